The number of nitrogens with one attached hydrogen (secondary N) is 2. The molecular weight excluding hydrogens is 486 g/mol. The second-order valence-corrected chi connectivity index (χ2v) is 10.5. The van der Waals surface area contributed by atoms with Gasteiger partial charge in [0.15, 0.2) is 0 Å². The summed E-state index contributed by atoms with van der Waals surface area (Å²) in [6.45, 7) is 4.29. The molecule has 1 fully saturated rings. The monoisotopic (exact) mass is 511 g/mol. The maximum absolute atomic E-state index is 11.5. The molecule has 1 aliphatic heterocycles. The number of hydrogen-bond donors (Lipinski definition) is 3. The number of likely N-dealkylation sites (tertiary alicyclic amines) is 1. The largest absolute Gasteiger partial charge is 0.351 e. The molecule has 9 nitrogen and oxygen atoms in total. The summed E-state index contributed by atoms with van der Waals surface area (Å²) < 4.78 is 23.0. The lowest BCUT2D eigenvalue weighted by atomic mass is 10.0. The standard InChI is InChI=1S/C24H26ClN7O2S/c1-16-12-17(14-26)2-5-22(16)30-23-6-9-28-24(31-23)29-19-7-10-32(11-8-19)15-18-3-4-20(13-21(18)25)35(27,33)34/h2-6,9,12-13,19H,7-8,10-11,15H2,1H3,(H2,27,33,34)(H2,28,29,30,31). The van der Waals surface area contributed by atoms with E-state index < -0.39 is 10.0 Å². The predicted molar refractivity (Wildman–Crippen MR) is 136 cm³/mol. The highest BCUT2D eigenvalue weighted by Gasteiger charge is 2.21. The van der Waals surface area contributed by atoms with Crippen molar-refractivity contribution in [3.8, 4) is 6.07 Å². The van der Waals surface area contributed by atoms with Gasteiger partial charge in [-0.2, -0.15) is 10.2 Å². The molecule has 0 radical (unpaired) electrons. The van der Waals surface area contributed by atoms with Crippen molar-refractivity contribution in [2.75, 3.05) is 23.7 Å². The van der Waals surface area contributed by atoms with E-state index in [2.05, 4.69) is 31.6 Å². The van der Waals surface area contributed by atoms with E-state index in [9.17, 15) is 8.42 Å². The second kappa shape index (κ2) is 10.6. The first kappa shape index (κ1) is 24.9. The van der Waals surface area contributed by atoms with Crippen molar-refractivity contribution in [1.82, 2.24) is 14.9 Å². The van der Waals surface area contributed by atoms with Crippen LogP contribution in [0.5, 0.6) is 0 Å². The molecule has 0 amide bonds. The van der Waals surface area contributed by atoms with E-state index in [4.69, 9.17) is 22.0 Å². The fourth-order valence-electron chi connectivity index (χ4n) is 4.00. The summed E-state index contributed by atoms with van der Waals surface area (Å²) in [6, 6.07) is 14.3. The summed E-state index contributed by atoms with van der Waals surface area (Å²) in [5.74, 6) is 1.23. The van der Waals surface area contributed by atoms with Crippen molar-refractivity contribution in [3.05, 3.63) is 70.4 Å². The quantitative estimate of drug-likeness (QED) is 0.436. The van der Waals surface area contributed by atoms with Crippen LogP contribution >= 0.6 is 11.6 Å². The number of sulfonamides is 1. The van der Waals surface area contributed by atoms with Crippen molar-refractivity contribution in [2.45, 2.75) is 37.2 Å². The molecule has 4 rings (SSSR count). The van der Waals surface area contributed by atoms with Gasteiger partial charge in [0.1, 0.15) is 5.82 Å². The Labute approximate surface area is 210 Å². The summed E-state index contributed by atoms with van der Waals surface area (Å²) in [5, 5.41) is 21.3. The third-order valence-corrected chi connectivity index (χ3v) is 7.20. The molecule has 3 aromatic rings. The van der Waals surface area contributed by atoms with Gasteiger partial charge in [-0.15, -0.1) is 0 Å². The third-order valence-electron chi connectivity index (χ3n) is 5.94. The lowest BCUT2D eigenvalue weighted by molar-refractivity contribution is 0.211. The van der Waals surface area contributed by atoms with Crippen LogP contribution in [0.3, 0.4) is 0 Å². The average Bonchev–Trinajstić information content (AvgIpc) is 2.82. The van der Waals surface area contributed by atoms with Crippen LogP contribution in [0, 0.1) is 18.3 Å². The molecule has 182 valence electrons. The highest BCUT2D eigenvalue weighted by atomic mass is 35.5. The van der Waals surface area contributed by atoms with Gasteiger partial charge in [-0.05, 0) is 67.3 Å². The number of piperidine rings is 1. The van der Waals surface area contributed by atoms with Crippen molar-refractivity contribution in [3.63, 3.8) is 0 Å². The van der Waals surface area contributed by atoms with Gasteiger partial charge in [-0.1, -0.05) is 17.7 Å². The van der Waals surface area contributed by atoms with Crippen LogP contribution in [0.2, 0.25) is 5.02 Å². The number of benzene rings is 2. The van der Waals surface area contributed by atoms with E-state index >= 15 is 0 Å². The SMILES string of the molecule is Cc1cc(C#N)ccc1Nc1ccnc(NC2CCN(Cc3ccc(S(N)(=O)=O)cc3Cl)CC2)n1. The van der Waals surface area contributed by atoms with Crippen LogP contribution in [0.1, 0.15) is 29.5 Å². The number of nitrogens with two attached hydrogens (primary N) is 1. The third kappa shape index (κ3) is 6.46. The minimum atomic E-state index is -3.77. The molecule has 2 heterocycles. The van der Waals surface area contributed by atoms with Gasteiger partial charge < -0.3 is 10.6 Å². The van der Waals surface area contributed by atoms with Gasteiger partial charge in [-0.25, -0.2) is 18.5 Å². The molecule has 0 aliphatic carbocycles. The first-order valence-electron chi connectivity index (χ1n) is 11.1. The lowest BCUT2D eigenvalue weighted by Crippen LogP contribution is -2.39. The summed E-state index contributed by atoms with van der Waals surface area (Å²) in [4.78, 5) is 11.2. The molecule has 35 heavy (non-hydrogen) atoms. The number of aromatic nitrogens is 2. The Bertz CT molecular complexity index is 1370. The maximum Gasteiger partial charge on any atom is 0.238 e. The fraction of sp³-hybridized carbons (Fsp3) is 0.292. The van der Waals surface area contributed by atoms with Crippen molar-refractivity contribution >= 4 is 39.1 Å². The summed E-state index contributed by atoms with van der Waals surface area (Å²) in [7, 11) is -3.77. The van der Waals surface area contributed by atoms with Gasteiger partial charge >= 0.3 is 0 Å². The number of nitrogens with zero attached hydrogens (tertiary/aromatic N) is 4. The van der Waals surface area contributed by atoms with Crippen LogP contribution in [-0.2, 0) is 16.6 Å². The zero-order valence-corrected chi connectivity index (χ0v) is 20.8. The molecule has 0 spiro atoms. The highest BCUT2D eigenvalue weighted by molar-refractivity contribution is 7.89. The fourth-order valence-corrected chi connectivity index (χ4v) is 4.85. The highest BCUT2D eigenvalue weighted by Crippen LogP contribution is 2.24. The summed E-state index contributed by atoms with van der Waals surface area (Å²) >= 11 is 6.29. The van der Waals surface area contributed by atoms with E-state index in [1.54, 1.807) is 24.4 Å². The van der Waals surface area contributed by atoms with Crippen LogP contribution in [-0.4, -0.2) is 42.4 Å². The maximum atomic E-state index is 11.5. The Morgan fingerprint density at radius 1 is 1.20 bits per heavy atom. The molecule has 0 bridgehead atoms. The summed E-state index contributed by atoms with van der Waals surface area (Å²) in [5.41, 5.74) is 3.33. The molecule has 0 saturated carbocycles. The molecule has 1 aliphatic rings. The number of anilines is 3. The number of hydrogen-bond acceptors (Lipinski definition) is 8. The molecule has 1 saturated heterocycles. The normalized spacial score (nSPS) is 14.9. The van der Waals surface area contributed by atoms with Gasteiger partial charge in [0.25, 0.3) is 0 Å². The predicted octanol–water partition coefficient (Wildman–Crippen LogP) is 3.78. The van der Waals surface area contributed by atoms with Gasteiger partial charge in [-0.3, -0.25) is 4.90 Å². The van der Waals surface area contributed by atoms with Crippen LogP contribution in [0.15, 0.2) is 53.6 Å². The van der Waals surface area contributed by atoms with E-state index in [-0.39, 0.29) is 10.9 Å². The number of halogens is 1. The summed E-state index contributed by atoms with van der Waals surface area (Å²) in [6.07, 6.45) is 3.52. The molecule has 1 aromatic heterocycles. The molecule has 0 unspecified atom stereocenters. The van der Waals surface area contributed by atoms with Crippen LogP contribution in [0.25, 0.3) is 0 Å². The molecule has 4 N–H and O–H groups in total. The zero-order valence-electron chi connectivity index (χ0n) is 19.2. The first-order chi connectivity index (χ1) is 16.7. The van der Waals surface area contributed by atoms with Crippen molar-refractivity contribution < 1.29 is 8.42 Å². The number of rotatable bonds is 7. The van der Waals surface area contributed by atoms with Crippen molar-refractivity contribution in [1.29, 1.82) is 5.26 Å². The van der Waals surface area contributed by atoms with E-state index in [1.165, 1.54) is 12.1 Å². The minimum absolute atomic E-state index is 0.0141. The first-order valence-corrected chi connectivity index (χ1v) is 13.0. The van der Waals surface area contributed by atoms with E-state index in [0.29, 0.717) is 28.9 Å². The Hall–Kier alpha value is -3.23. The Kier molecular flexibility index (Phi) is 7.52. The topological polar surface area (TPSA) is 137 Å². The lowest BCUT2D eigenvalue weighted by Gasteiger charge is -2.32. The van der Waals surface area contributed by atoms with E-state index in [1.807, 2.05) is 19.1 Å². The van der Waals surface area contributed by atoms with Gasteiger partial charge in [0.05, 0.1) is 16.5 Å². The molecule has 0 atom stereocenters. The second-order valence-electron chi connectivity index (χ2n) is 8.52. The average molecular weight is 512 g/mol. The van der Waals surface area contributed by atoms with E-state index in [0.717, 1.165) is 42.7 Å². The number of aryl methyl sites for hydroxylation is 1. The minimum Gasteiger partial charge on any atom is -0.351 e. The Morgan fingerprint density at radius 3 is 2.63 bits per heavy atom. The van der Waals surface area contributed by atoms with Crippen molar-refractivity contribution in [2.24, 2.45) is 5.14 Å². The Morgan fingerprint density at radius 2 is 1.97 bits per heavy atom. The van der Waals surface area contributed by atoms with Crippen LogP contribution in [0.4, 0.5) is 17.5 Å². The van der Waals surface area contributed by atoms with Gasteiger partial charge in [0, 0.05) is 42.6 Å². The molecular formula is C24H26ClN7O2S. The van der Waals surface area contributed by atoms with Crippen LogP contribution < -0.4 is 15.8 Å². The number of nitriles is 1. The molecule has 2 aromatic carbocycles. The van der Waals surface area contributed by atoms with Gasteiger partial charge in [0.2, 0.25) is 16.0 Å². The number of primary sulfonamides is 1. The Balaban J connectivity index is 1.32. The zero-order chi connectivity index (χ0) is 25.0. The smallest absolute Gasteiger partial charge is 0.238 e. The molecule has 11 heteroatoms.